The van der Waals surface area contributed by atoms with Crippen molar-refractivity contribution in [1.82, 2.24) is 20.0 Å². The number of carbonyl (C=O) groups is 3. The Bertz CT molecular complexity index is 929. The predicted molar refractivity (Wildman–Crippen MR) is 97.6 cm³/mol. The van der Waals surface area contributed by atoms with E-state index in [4.69, 9.17) is 5.11 Å². The maximum atomic E-state index is 12.2. The van der Waals surface area contributed by atoms with E-state index in [9.17, 15) is 14.4 Å². The number of anilines is 1. The number of hydrogen-bond donors (Lipinski definition) is 2. The number of nitrogens with one attached hydrogen (secondary N) is 1. The molecule has 0 saturated carbocycles. The predicted octanol–water partition coefficient (Wildman–Crippen LogP) is 0.894. The summed E-state index contributed by atoms with van der Waals surface area (Å²) in [7, 11) is 1.84. The van der Waals surface area contributed by atoms with E-state index >= 15 is 0 Å². The van der Waals surface area contributed by atoms with Crippen molar-refractivity contribution in [1.29, 1.82) is 0 Å². The van der Waals surface area contributed by atoms with Gasteiger partial charge in [0.05, 0.1) is 17.1 Å². The van der Waals surface area contributed by atoms with E-state index in [1.165, 1.54) is 4.90 Å². The number of carbonyl (C=O) groups excluding carboxylic acids is 2. The molecule has 1 atom stereocenters. The first-order valence-electron chi connectivity index (χ1n) is 8.97. The lowest BCUT2D eigenvalue weighted by molar-refractivity contribution is -0.134. The van der Waals surface area contributed by atoms with Gasteiger partial charge in [0, 0.05) is 50.7 Å². The van der Waals surface area contributed by atoms with Crippen molar-refractivity contribution >= 4 is 34.5 Å². The molecule has 3 heterocycles. The van der Waals surface area contributed by atoms with Crippen molar-refractivity contribution in [2.24, 2.45) is 7.05 Å². The molecule has 0 bridgehead atoms. The second kappa shape index (κ2) is 6.57. The summed E-state index contributed by atoms with van der Waals surface area (Å²) in [6, 6.07) is 5.96. The third-order valence-corrected chi connectivity index (χ3v) is 5.35. The summed E-state index contributed by atoms with van der Waals surface area (Å²) in [5, 5.41) is 16.9. The molecule has 1 unspecified atom stereocenters. The van der Waals surface area contributed by atoms with Crippen LogP contribution in [0, 0.1) is 0 Å². The lowest BCUT2D eigenvalue weighted by Crippen LogP contribution is -2.48. The molecule has 0 radical (unpaired) electrons. The number of carboxylic acid groups (broad SMARTS) is 1. The second-order valence-electron chi connectivity index (χ2n) is 6.97. The van der Waals surface area contributed by atoms with Gasteiger partial charge in [0.25, 0.3) is 0 Å². The topological polar surface area (TPSA) is 108 Å². The van der Waals surface area contributed by atoms with Crippen LogP contribution in [0.5, 0.6) is 0 Å². The van der Waals surface area contributed by atoms with Gasteiger partial charge in [0.1, 0.15) is 0 Å². The Morgan fingerprint density at radius 2 is 1.96 bits per heavy atom. The van der Waals surface area contributed by atoms with Crippen LogP contribution in [0.1, 0.15) is 24.5 Å². The standard InChI is InChI=1S/C18H21N5O4/c1-21-14-10-11(22-6-8-23(9-7-22)18(26)27)2-3-12(14)16(20-21)13-4-5-15(24)19-17(13)25/h2-3,10,13H,4-9H2,1H3,(H,26,27)(H,19,24,25). The zero-order chi connectivity index (χ0) is 19.1. The van der Waals surface area contributed by atoms with Crippen LogP contribution in [0.2, 0.25) is 0 Å². The molecular formula is C18H21N5O4. The molecule has 2 N–H and O–H groups in total. The molecule has 4 rings (SSSR count). The molecule has 0 spiro atoms. The lowest BCUT2D eigenvalue weighted by atomic mass is 9.93. The highest BCUT2D eigenvalue weighted by molar-refractivity contribution is 6.02. The summed E-state index contributed by atoms with van der Waals surface area (Å²) in [5.41, 5.74) is 2.61. The van der Waals surface area contributed by atoms with Gasteiger partial charge in [-0.2, -0.15) is 5.10 Å². The van der Waals surface area contributed by atoms with Crippen molar-refractivity contribution < 1.29 is 19.5 Å². The molecule has 2 saturated heterocycles. The minimum atomic E-state index is -0.884. The van der Waals surface area contributed by atoms with Crippen LogP contribution < -0.4 is 10.2 Å². The summed E-state index contributed by atoms with van der Waals surface area (Å²) in [6.45, 7) is 2.21. The fourth-order valence-corrected chi connectivity index (χ4v) is 3.84. The molecule has 1 aromatic heterocycles. The van der Waals surface area contributed by atoms with Gasteiger partial charge in [-0.3, -0.25) is 19.6 Å². The Labute approximate surface area is 155 Å². The zero-order valence-corrected chi connectivity index (χ0v) is 15.0. The third-order valence-electron chi connectivity index (χ3n) is 5.35. The van der Waals surface area contributed by atoms with Crippen LogP contribution in [0.3, 0.4) is 0 Å². The molecule has 9 nitrogen and oxygen atoms in total. The molecule has 0 aliphatic carbocycles. The number of nitrogens with zero attached hydrogens (tertiary/aromatic N) is 4. The molecule has 142 valence electrons. The van der Waals surface area contributed by atoms with Crippen molar-refractivity contribution in [3.8, 4) is 0 Å². The molecule has 2 aliphatic rings. The number of aryl methyl sites for hydroxylation is 1. The summed E-state index contributed by atoms with van der Waals surface area (Å²) in [5.74, 6) is -0.948. The average Bonchev–Trinajstić information content (AvgIpc) is 2.98. The number of fused-ring (bicyclic) bond motifs is 1. The van der Waals surface area contributed by atoms with Crippen LogP contribution in [-0.4, -0.2) is 63.9 Å². The summed E-state index contributed by atoms with van der Waals surface area (Å²) >= 11 is 0. The number of hydrogen-bond acceptors (Lipinski definition) is 5. The van der Waals surface area contributed by atoms with Crippen molar-refractivity contribution in [2.45, 2.75) is 18.8 Å². The number of benzene rings is 1. The van der Waals surface area contributed by atoms with Crippen LogP contribution in [0.25, 0.3) is 10.9 Å². The molecule has 27 heavy (non-hydrogen) atoms. The molecular weight excluding hydrogens is 350 g/mol. The highest BCUT2D eigenvalue weighted by Crippen LogP contribution is 2.32. The molecule has 2 aliphatic heterocycles. The van der Waals surface area contributed by atoms with Gasteiger partial charge in [0.15, 0.2) is 0 Å². The minimum absolute atomic E-state index is 0.237. The Balaban J connectivity index is 1.61. The highest BCUT2D eigenvalue weighted by Gasteiger charge is 2.31. The number of imide groups is 1. The van der Waals surface area contributed by atoms with Crippen molar-refractivity contribution in [2.75, 3.05) is 31.1 Å². The van der Waals surface area contributed by atoms with Gasteiger partial charge in [-0.1, -0.05) is 0 Å². The second-order valence-corrected chi connectivity index (χ2v) is 6.97. The average molecular weight is 371 g/mol. The summed E-state index contributed by atoms with van der Waals surface area (Å²) in [6.07, 6.45) is -0.0959. The van der Waals surface area contributed by atoms with E-state index in [0.29, 0.717) is 44.7 Å². The first kappa shape index (κ1) is 17.3. The number of piperazine rings is 1. The van der Waals surface area contributed by atoms with Crippen molar-refractivity contribution in [3.63, 3.8) is 0 Å². The third kappa shape index (κ3) is 3.09. The molecule has 3 amide bonds. The van der Waals surface area contributed by atoms with E-state index < -0.39 is 12.0 Å². The number of aromatic nitrogens is 2. The number of piperidine rings is 1. The van der Waals surface area contributed by atoms with E-state index in [0.717, 1.165) is 16.6 Å². The minimum Gasteiger partial charge on any atom is -0.465 e. The molecule has 2 aromatic rings. The number of rotatable bonds is 2. The van der Waals surface area contributed by atoms with Crippen molar-refractivity contribution in [3.05, 3.63) is 23.9 Å². The van der Waals surface area contributed by atoms with Gasteiger partial charge >= 0.3 is 6.09 Å². The summed E-state index contributed by atoms with van der Waals surface area (Å²) < 4.78 is 1.76. The monoisotopic (exact) mass is 371 g/mol. The first-order valence-corrected chi connectivity index (χ1v) is 8.97. The highest BCUT2D eigenvalue weighted by atomic mass is 16.4. The Morgan fingerprint density at radius 3 is 2.63 bits per heavy atom. The van der Waals surface area contributed by atoms with Gasteiger partial charge < -0.3 is 14.9 Å². The lowest BCUT2D eigenvalue weighted by Gasteiger charge is -2.34. The van der Waals surface area contributed by atoms with E-state index in [2.05, 4.69) is 15.3 Å². The van der Waals surface area contributed by atoms with E-state index in [-0.39, 0.29) is 11.8 Å². The molecule has 1 aromatic carbocycles. The SMILES string of the molecule is Cn1nc(C2CCC(=O)NC2=O)c2ccc(N3CCN(C(=O)O)CC3)cc21. The fraction of sp³-hybridized carbons (Fsp3) is 0.444. The van der Waals surface area contributed by atoms with E-state index in [1.807, 2.05) is 25.2 Å². The quantitative estimate of drug-likeness (QED) is 0.759. The Morgan fingerprint density at radius 1 is 1.22 bits per heavy atom. The molecule has 9 heteroatoms. The van der Waals surface area contributed by atoms with Gasteiger partial charge in [0.2, 0.25) is 11.8 Å². The maximum Gasteiger partial charge on any atom is 0.407 e. The van der Waals surface area contributed by atoms with E-state index in [1.54, 1.807) is 4.68 Å². The smallest absolute Gasteiger partial charge is 0.407 e. The Hall–Kier alpha value is -3.10. The van der Waals surface area contributed by atoms with Gasteiger partial charge in [-0.05, 0) is 24.6 Å². The van der Waals surface area contributed by atoms with Gasteiger partial charge in [-0.15, -0.1) is 0 Å². The summed E-state index contributed by atoms with van der Waals surface area (Å²) in [4.78, 5) is 38.2. The maximum absolute atomic E-state index is 12.2. The largest absolute Gasteiger partial charge is 0.465 e. The van der Waals surface area contributed by atoms with Crippen LogP contribution in [-0.2, 0) is 16.6 Å². The van der Waals surface area contributed by atoms with Crippen LogP contribution >= 0.6 is 0 Å². The first-order chi connectivity index (χ1) is 12.9. The fourth-order valence-electron chi connectivity index (χ4n) is 3.84. The van der Waals surface area contributed by atoms with Gasteiger partial charge in [-0.25, -0.2) is 4.79 Å². The normalized spacial score (nSPS) is 20.9. The number of amides is 3. The van der Waals surface area contributed by atoms with Crippen LogP contribution in [0.15, 0.2) is 18.2 Å². The molecule has 2 fully saturated rings. The van der Waals surface area contributed by atoms with Crippen LogP contribution in [0.4, 0.5) is 10.5 Å². The Kier molecular flexibility index (Phi) is 4.21. The zero-order valence-electron chi connectivity index (χ0n) is 15.0.